The van der Waals surface area contributed by atoms with Crippen LogP contribution in [-0.2, 0) is 0 Å². The second kappa shape index (κ2) is 6.48. The number of nitrogens with two attached hydrogens (primary N) is 2. The Balaban J connectivity index is 3.09. The first-order valence-corrected chi connectivity index (χ1v) is 5.50. The highest BCUT2D eigenvalue weighted by molar-refractivity contribution is 5.86. The van der Waals surface area contributed by atoms with Gasteiger partial charge in [0.05, 0.1) is 19.4 Å². The molecule has 1 aromatic carbocycles. The van der Waals surface area contributed by atoms with Crippen LogP contribution in [0.15, 0.2) is 28.4 Å². The molecule has 1 aromatic rings. The van der Waals surface area contributed by atoms with E-state index in [4.69, 9.17) is 20.9 Å². The fourth-order valence-corrected chi connectivity index (χ4v) is 1.31. The maximum atomic E-state index is 5.70. The van der Waals surface area contributed by atoms with E-state index in [1.54, 1.807) is 7.11 Å². The van der Waals surface area contributed by atoms with Crippen molar-refractivity contribution in [2.24, 2.45) is 21.7 Å². The monoisotopic (exact) mass is 250 g/mol. The molecule has 1 rings (SSSR count). The average molecular weight is 250 g/mol. The predicted octanol–water partition coefficient (Wildman–Crippen LogP) is 1.09. The molecule has 0 fully saturated rings. The Hall–Kier alpha value is -2.24. The third-order valence-electron chi connectivity index (χ3n) is 1.95. The Morgan fingerprint density at radius 2 is 2.06 bits per heavy atom. The van der Waals surface area contributed by atoms with E-state index in [1.165, 1.54) is 6.21 Å². The fourth-order valence-electron chi connectivity index (χ4n) is 1.31. The molecule has 0 saturated heterocycles. The highest BCUT2D eigenvalue weighted by Gasteiger charge is 2.10. The van der Waals surface area contributed by atoms with E-state index in [1.807, 2.05) is 32.0 Å². The molecule has 0 amide bonds. The third kappa shape index (κ3) is 3.97. The van der Waals surface area contributed by atoms with E-state index < -0.39 is 0 Å². The van der Waals surface area contributed by atoms with Crippen LogP contribution in [0.4, 0.5) is 0 Å². The average Bonchev–Trinajstić information content (AvgIpc) is 2.30. The first kappa shape index (κ1) is 13.8. The van der Waals surface area contributed by atoms with Crippen molar-refractivity contribution < 1.29 is 9.47 Å². The van der Waals surface area contributed by atoms with Gasteiger partial charge in [0.2, 0.25) is 5.96 Å². The summed E-state index contributed by atoms with van der Waals surface area (Å²) in [7, 11) is 1.58. The zero-order chi connectivity index (χ0) is 13.5. The maximum Gasteiger partial charge on any atom is 0.211 e. The van der Waals surface area contributed by atoms with E-state index in [-0.39, 0.29) is 12.1 Å². The number of guanidine groups is 1. The summed E-state index contributed by atoms with van der Waals surface area (Å²) >= 11 is 0. The standard InChI is InChI=1S/C12H18N4O2/c1-8(2)18-11-9(7-15-16-12(13)14)5-4-6-10(11)17-3/h4-8H,1-3H3,(H4,13,14,16). The summed E-state index contributed by atoms with van der Waals surface area (Å²) in [5.41, 5.74) is 11.1. The second-order valence-corrected chi connectivity index (χ2v) is 3.81. The van der Waals surface area contributed by atoms with Crippen LogP contribution >= 0.6 is 0 Å². The van der Waals surface area contributed by atoms with Crippen molar-refractivity contribution in [3.8, 4) is 11.5 Å². The minimum absolute atomic E-state index is 0.0246. The van der Waals surface area contributed by atoms with Crippen molar-refractivity contribution in [2.75, 3.05) is 7.11 Å². The molecular weight excluding hydrogens is 232 g/mol. The molecule has 6 nitrogen and oxygen atoms in total. The van der Waals surface area contributed by atoms with Crippen molar-refractivity contribution >= 4 is 12.2 Å². The zero-order valence-corrected chi connectivity index (χ0v) is 10.8. The zero-order valence-electron chi connectivity index (χ0n) is 10.8. The largest absolute Gasteiger partial charge is 0.493 e. The van der Waals surface area contributed by atoms with Gasteiger partial charge in [-0.05, 0) is 26.0 Å². The molecule has 0 saturated carbocycles. The molecule has 0 heterocycles. The first-order valence-electron chi connectivity index (χ1n) is 5.50. The molecule has 0 radical (unpaired) electrons. The van der Waals surface area contributed by atoms with E-state index in [2.05, 4.69) is 10.2 Å². The van der Waals surface area contributed by atoms with Crippen LogP contribution in [0.25, 0.3) is 0 Å². The molecule has 18 heavy (non-hydrogen) atoms. The SMILES string of the molecule is COc1cccc(C=NN=C(N)N)c1OC(C)C. The Morgan fingerprint density at radius 1 is 1.33 bits per heavy atom. The van der Waals surface area contributed by atoms with Crippen LogP contribution in [0, 0.1) is 0 Å². The van der Waals surface area contributed by atoms with Gasteiger partial charge in [-0.1, -0.05) is 6.07 Å². The first-order chi connectivity index (χ1) is 8.54. The van der Waals surface area contributed by atoms with Gasteiger partial charge in [-0.15, -0.1) is 5.10 Å². The van der Waals surface area contributed by atoms with Gasteiger partial charge in [0, 0.05) is 5.56 Å². The van der Waals surface area contributed by atoms with Crippen molar-refractivity contribution in [1.82, 2.24) is 0 Å². The van der Waals surface area contributed by atoms with Gasteiger partial charge in [0.25, 0.3) is 0 Å². The van der Waals surface area contributed by atoms with E-state index in [0.29, 0.717) is 11.5 Å². The molecule has 6 heteroatoms. The fraction of sp³-hybridized carbons (Fsp3) is 0.333. The molecular formula is C12H18N4O2. The van der Waals surface area contributed by atoms with Gasteiger partial charge >= 0.3 is 0 Å². The summed E-state index contributed by atoms with van der Waals surface area (Å²) in [5.74, 6) is 1.15. The minimum atomic E-state index is -0.0968. The van der Waals surface area contributed by atoms with Crippen LogP contribution in [0.2, 0.25) is 0 Å². The number of benzene rings is 1. The molecule has 0 unspecified atom stereocenters. The van der Waals surface area contributed by atoms with Crippen LogP contribution in [-0.4, -0.2) is 25.4 Å². The third-order valence-corrected chi connectivity index (χ3v) is 1.95. The van der Waals surface area contributed by atoms with Crippen molar-refractivity contribution in [1.29, 1.82) is 0 Å². The van der Waals surface area contributed by atoms with Crippen molar-refractivity contribution in [2.45, 2.75) is 20.0 Å². The van der Waals surface area contributed by atoms with Crippen LogP contribution < -0.4 is 20.9 Å². The quantitative estimate of drug-likeness (QED) is 0.464. The predicted molar refractivity (Wildman–Crippen MR) is 72.2 cm³/mol. The lowest BCUT2D eigenvalue weighted by Gasteiger charge is -2.15. The minimum Gasteiger partial charge on any atom is -0.493 e. The number of para-hydroxylation sites is 1. The molecule has 0 atom stereocenters. The normalized spacial score (nSPS) is 10.7. The Bertz CT molecular complexity index is 451. The number of nitrogens with zero attached hydrogens (tertiary/aromatic N) is 2. The lowest BCUT2D eigenvalue weighted by Crippen LogP contribution is -2.21. The van der Waals surface area contributed by atoms with Crippen LogP contribution in [0.3, 0.4) is 0 Å². The smallest absolute Gasteiger partial charge is 0.211 e. The summed E-state index contributed by atoms with van der Waals surface area (Å²) in [6.45, 7) is 3.87. The van der Waals surface area contributed by atoms with Gasteiger partial charge in [0.1, 0.15) is 0 Å². The number of rotatable bonds is 5. The number of hydrogen-bond donors (Lipinski definition) is 2. The number of ether oxygens (including phenoxy) is 2. The van der Waals surface area contributed by atoms with Crippen molar-refractivity contribution in [3.63, 3.8) is 0 Å². The highest BCUT2D eigenvalue weighted by atomic mass is 16.5. The lowest BCUT2D eigenvalue weighted by atomic mass is 10.2. The summed E-state index contributed by atoms with van der Waals surface area (Å²) in [4.78, 5) is 0. The maximum absolute atomic E-state index is 5.70. The molecule has 0 spiro atoms. The topological polar surface area (TPSA) is 95.2 Å². The van der Waals surface area contributed by atoms with E-state index >= 15 is 0 Å². The highest BCUT2D eigenvalue weighted by Crippen LogP contribution is 2.30. The molecule has 0 aliphatic heterocycles. The summed E-state index contributed by atoms with van der Waals surface area (Å²) in [6.07, 6.45) is 1.54. The second-order valence-electron chi connectivity index (χ2n) is 3.81. The molecule has 98 valence electrons. The van der Waals surface area contributed by atoms with Gasteiger partial charge < -0.3 is 20.9 Å². The van der Waals surface area contributed by atoms with Crippen LogP contribution in [0.1, 0.15) is 19.4 Å². The molecule has 0 aliphatic rings. The Kier molecular flexibility index (Phi) is 4.98. The summed E-state index contributed by atoms with van der Waals surface area (Å²) in [6, 6.07) is 5.49. The molecule has 0 aliphatic carbocycles. The number of methoxy groups -OCH3 is 1. The molecule has 4 N–H and O–H groups in total. The molecule has 0 aromatic heterocycles. The lowest BCUT2D eigenvalue weighted by molar-refractivity contribution is 0.230. The Labute approximate surface area is 106 Å². The molecule has 0 bridgehead atoms. The van der Waals surface area contributed by atoms with Gasteiger partial charge in [0.15, 0.2) is 11.5 Å². The van der Waals surface area contributed by atoms with E-state index in [0.717, 1.165) is 5.56 Å². The summed E-state index contributed by atoms with van der Waals surface area (Å²) in [5, 5.41) is 7.30. The van der Waals surface area contributed by atoms with Crippen LogP contribution in [0.5, 0.6) is 11.5 Å². The van der Waals surface area contributed by atoms with Gasteiger partial charge in [-0.25, -0.2) is 0 Å². The summed E-state index contributed by atoms with van der Waals surface area (Å²) < 4.78 is 10.9. The van der Waals surface area contributed by atoms with Crippen molar-refractivity contribution in [3.05, 3.63) is 23.8 Å². The van der Waals surface area contributed by atoms with Gasteiger partial charge in [-0.3, -0.25) is 0 Å². The Morgan fingerprint density at radius 3 is 2.61 bits per heavy atom. The van der Waals surface area contributed by atoms with E-state index in [9.17, 15) is 0 Å². The number of hydrogen-bond acceptors (Lipinski definition) is 4. The van der Waals surface area contributed by atoms with Gasteiger partial charge in [-0.2, -0.15) is 5.10 Å².